The zero-order chi connectivity index (χ0) is 18.4. The Morgan fingerprint density at radius 1 is 0.929 bits per heavy atom. The van der Waals surface area contributed by atoms with E-state index in [0.717, 1.165) is 6.42 Å². The van der Waals surface area contributed by atoms with Gasteiger partial charge in [0, 0.05) is 0 Å². The molecule has 0 unspecified atom stereocenters. The third-order valence-electron chi connectivity index (χ3n) is 4.15. The van der Waals surface area contributed by atoms with Crippen LogP contribution in [0.1, 0.15) is 53.5 Å². The van der Waals surface area contributed by atoms with Crippen LogP contribution in [-0.2, 0) is 28.8 Å². The normalized spacial score (nSPS) is 11.7. The number of benzene rings is 1. The Bertz CT molecular complexity index is 716. The molecule has 0 aromatic heterocycles. The van der Waals surface area contributed by atoms with E-state index in [1.807, 2.05) is 6.08 Å². The summed E-state index contributed by atoms with van der Waals surface area (Å²) in [6.45, 7) is 16.5. The summed E-state index contributed by atoms with van der Waals surface area (Å²) in [6.07, 6.45) is 8.37. The van der Waals surface area contributed by atoms with Crippen molar-refractivity contribution in [2.24, 2.45) is 5.41 Å². The molecule has 0 heterocycles. The second-order valence-corrected chi connectivity index (χ2v) is 8.07. The number of rotatable bonds is 0. The predicted octanol–water partition coefficient (Wildman–Crippen LogP) is 7.94. The molecule has 0 fully saturated rings. The first-order chi connectivity index (χ1) is 11.2. The molecule has 0 nitrogen and oxygen atoms in total. The van der Waals surface area contributed by atoms with Crippen molar-refractivity contribution in [1.29, 1.82) is 0 Å². The van der Waals surface area contributed by atoms with Gasteiger partial charge in [-0.05, 0) is 5.41 Å². The molecule has 3 rings (SSSR count). The molecule has 0 aliphatic heterocycles. The van der Waals surface area contributed by atoms with Gasteiger partial charge in [-0.1, -0.05) is 53.0 Å². The molecule has 158 valence electrons. The van der Waals surface area contributed by atoms with Gasteiger partial charge in [0.05, 0.1) is 0 Å². The van der Waals surface area contributed by atoms with Gasteiger partial charge in [-0.3, -0.25) is 6.08 Å². The first-order valence-corrected chi connectivity index (χ1v) is 12.5. The van der Waals surface area contributed by atoms with E-state index in [0.29, 0.717) is 5.41 Å². The van der Waals surface area contributed by atoms with Gasteiger partial charge in [-0.15, -0.1) is 77.9 Å². The standard InChI is InChI=1S/C13H15.C9H13.2CH3.2ClH.Si.Zr/c1-13(2,3)12-9-8-10-6-4-5-7-11(10)12;1-9(2,3)8-6-4-5-7-8;;;;;;/h4-9H,1-3H3;4,6H,7H2,1-3H3;2*1H3;2*1H;;/q4*-1;;;;. The van der Waals surface area contributed by atoms with E-state index in [4.69, 9.17) is 0 Å². The van der Waals surface area contributed by atoms with Crippen LogP contribution in [0.25, 0.3) is 10.8 Å². The van der Waals surface area contributed by atoms with Gasteiger partial charge >= 0.3 is 30.2 Å². The van der Waals surface area contributed by atoms with Gasteiger partial charge in [0.25, 0.3) is 0 Å². The van der Waals surface area contributed by atoms with Crippen molar-refractivity contribution in [2.45, 2.75) is 53.4 Å². The van der Waals surface area contributed by atoms with E-state index < -0.39 is 0 Å². The summed E-state index contributed by atoms with van der Waals surface area (Å²) in [7, 11) is 0. The average Bonchev–Trinajstić information content (AvgIpc) is 3.18. The predicted molar refractivity (Wildman–Crippen MR) is 131 cm³/mol. The molecule has 1 aliphatic carbocycles. The Balaban J connectivity index is -0.000000173. The quantitative estimate of drug-likeness (QED) is 0.247. The van der Waals surface area contributed by atoms with Crippen LogP contribution in [0.2, 0.25) is 0 Å². The second-order valence-electron chi connectivity index (χ2n) is 8.07. The molecule has 0 saturated carbocycles. The van der Waals surface area contributed by atoms with Crippen molar-refractivity contribution in [3.63, 3.8) is 0 Å². The molecule has 4 heteroatoms. The minimum absolute atomic E-state index is 0. The Morgan fingerprint density at radius 3 is 1.86 bits per heavy atom. The molecule has 2 radical (unpaired) electrons. The van der Waals surface area contributed by atoms with Crippen molar-refractivity contribution in [3.8, 4) is 0 Å². The summed E-state index contributed by atoms with van der Waals surface area (Å²) >= 11 is 1.36. The number of fused-ring (bicyclic) bond motifs is 1. The van der Waals surface area contributed by atoms with Crippen LogP contribution in [0.15, 0.2) is 54.1 Å². The van der Waals surface area contributed by atoms with E-state index in [2.05, 4.69) is 97.0 Å². The van der Waals surface area contributed by atoms with Crippen molar-refractivity contribution >= 4 is 42.5 Å². The molecule has 0 N–H and O–H groups in total. The van der Waals surface area contributed by atoms with Crippen molar-refractivity contribution in [3.05, 3.63) is 80.6 Å². The van der Waals surface area contributed by atoms with E-state index in [1.54, 1.807) is 0 Å². The molecular formula is C24H36Cl2SiZr-4. The minimum atomic E-state index is 0. The molecule has 2 aromatic rings. The fourth-order valence-electron chi connectivity index (χ4n) is 2.71. The Labute approximate surface area is 204 Å². The van der Waals surface area contributed by atoms with Gasteiger partial charge < -0.3 is 14.9 Å². The van der Waals surface area contributed by atoms with E-state index in [-0.39, 0.29) is 45.1 Å². The van der Waals surface area contributed by atoms with Gasteiger partial charge in [0.1, 0.15) is 0 Å². The maximum atomic E-state index is 3.16. The summed E-state index contributed by atoms with van der Waals surface area (Å²) in [6, 6.07) is 13.0. The topological polar surface area (TPSA) is 0 Å². The van der Waals surface area contributed by atoms with Crippen molar-refractivity contribution in [2.75, 3.05) is 0 Å². The van der Waals surface area contributed by atoms with Crippen LogP contribution in [0.5, 0.6) is 0 Å². The molecular weight excluding hydrogens is 478 g/mol. The molecule has 1 aliphatic rings. The average molecular weight is 515 g/mol. The van der Waals surface area contributed by atoms with Crippen LogP contribution in [0, 0.1) is 26.3 Å². The van der Waals surface area contributed by atoms with Crippen LogP contribution >= 0.6 is 24.8 Å². The van der Waals surface area contributed by atoms with Crippen LogP contribution in [0.3, 0.4) is 0 Å². The molecule has 0 atom stereocenters. The number of halogens is 2. The monoisotopic (exact) mass is 512 g/mol. The molecule has 0 saturated heterocycles. The van der Waals surface area contributed by atoms with Crippen LogP contribution in [-0.4, -0.2) is 6.88 Å². The number of allylic oxidation sites excluding steroid dienone is 4. The van der Waals surface area contributed by atoms with E-state index >= 15 is 0 Å². The Morgan fingerprint density at radius 2 is 1.46 bits per heavy atom. The molecule has 2 aromatic carbocycles. The number of hydrogen-bond acceptors (Lipinski definition) is 0. The maximum absolute atomic E-state index is 3.16. The first kappa shape index (κ1) is 35.4. The second kappa shape index (κ2) is 15.8. The Hall–Kier alpha value is -0.01000. The molecule has 28 heavy (non-hydrogen) atoms. The van der Waals surface area contributed by atoms with Crippen LogP contribution < -0.4 is 0 Å². The summed E-state index contributed by atoms with van der Waals surface area (Å²) in [5.74, 6) is 0. The van der Waals surface area contributed by atoms with Gasteiger partial charge in [0.2, 0.25) is 0 Å². The van der Waals surface area contributed by atoms with E-state index in [9.17, 15) is 0 Å². The van der Waals surface area contributed by atoms with Gasteiger partial charge in [-0.25, -0.2) is 12.2 Å². The van der Waals surface area contributed by atoms with Gasteiger partial charge in [0.15, 0.2) is 0 Å². The summed E-state index contributed by atoms with van der Waals surface area (Å²) < 4.78 is 0. The van der Waals surface area contributed by atoms with Crippen molar-refractivity contribution < 1.29 is 23.3 Å². The Kier molecular flexibility index (Phi) is 20.0. The molecule has 0 bridgehead atoms. The summed E-state index contributed by atoms with van der Waals surface area (Å²) in [5, 5.41) is 2.75. The fraction of sp³-hybridized carbons (Fsp3) is 0.375. The summed E-state index contributed by atoms with van der Waals surface area (Å²) in [4.78, 5) is 0. The fourth-order valence-corrected chi connectivity index (χ4v) is 2.71. The summed E-state index contributed by atoms with van der Waals surface area (Å²) in [5.41, 5.74) is 3.54. The molecule has 0 spiro atoms. The third-order valence-corrected chi connectivity index (χ3v) is 4.15. The zero-order valence-electron chi connectivity index (χ0n) is 18.6. The number of hydrogen-bond donors (Lipinski definition) is 0. The van der Waals surface area contributed by atoms with Gasteiger partial charge in [-0.2, -0.15) is 5.57 Å². The third kappa shape index (κ3) is 10.7. The van der Waals surface area contributed by atoms with Crippen molar-refractivity contribution in [1.82, 2.24) is 0 Å². The van der Waals surface area contributed by atoms with E-state index in [1.165, 1.54) is 45.2 Å². The molecule has 0 amide bonds. The first-order valence-electron chi connectivity index (χ1n) is 8.36. The van der Waals surface area contributed by atoms with Crippen LogP contribution in [0.4, 0.5) is 0 Å². The zero-order valence-corrected chi connectivity index (χ0v) is 23.7. The SMILES string of the molecule is CC(C)(C)C1=CC=[C-]C1.CC(C)(C)c1c[cH-]c2ccccc12.Cl.Cl.[CH3-].[CH3-].[Si]=[Zr].